The Hall–Kier alpha value is -1.25. The van der Waals surface area contributed by atoms with E-state index in [0.29, 0.717) is 5.56 Å². The van der Waals surface area contributed by atoms with Gasteiger partial charge in [0.05, 0.1) is 4.90 Å². The number of sulfonamides is 1. The average Bonchev–Trinajstić information content (AvgIpc) is 2.44. The van der Waals surface area contributed by atoms with Crippen LogP contribution in [0.3, 0.4) is 0 Å². The summed E-state index contributed by atoms with van der Waals surface area (Å²) in [7, 11) is -2.07. The normalized spacial score (nSPS) is 15.1. The summed E-state index contributed by atoms with van der Waals surface area (Å²) >= 11 is 0. The highest BCUT2D eigenvalue weighted by Gasteiger charge is 2.24. The van der Waals surface area contributed by atoms with Gasteiger partial charge >= 0.3 is 0 Å². The summed E-state index contributed by atoms with van der Waals surface area (Å²) in [5, 5.41) is 2.12. The van der Waals surface area contributed by atoms with E-state index in [4.69, 9.17) is 0 Å². The van der Waals surface area contributed by atoms with Gasteiger partial charge in [-0.05, 0) is 45.4 Å². The second-order valence-electron chi connectivity index (χ2n) is 6.84. The molecule has 8 heteroatoms. The van der Waals surface area contributed by atoms with E-state index in [9.17, 15) is 17.4 Å². The monoisotopic (exact) mass is 374 g/mol. The Morgan fingerprint density at radius 2 is 1.88 bits per heavy atom. The molecule has 1 amide bonds. The Labute approximate surface area is 147 Å². The van der Waals surface area contributed by atoms with Gasteiger partial charge in [-0.2, -0.15) is 0 Å². The molecule has 1 rings (SSSR count). The quantitative estimate of drug-likeness (QED) is 0.818. The topological polar surface area (TPSA) is 83.5 Å². The predicted molar refractivity (Wildman–Crippen MR) is 96.5 cm³/mol. The van der Waals surface area contributed by atoms with Gasteiger partial charge in [-0.3, -0.25) is 9.00 Å². The number of nitrogens with zero attached hydrogens (tertiary/aromatic N) is 1. The third-order valence-electron chi connectivity index (χ3n) is 3.25. The van der Waals surface area contributed by atoms with E-state index in [-0.39, 0.29) is 16.6 Å². The first-order valence-electron chi connectivity index (χ1n) is 7.55. The van der Waals surface area contributed by atoms with Crippen LogP contribution in [-0.2, 0) is 31.4 Å². The van der Waals surface area contributed by atoms with E-state index < -0.39 is 31.6 Å². The average molecular weight is 375 g/mol. The molecule has 0 saturated heterocycles. The van der Waals surface area contributed by atoms with Crippen molar-refractivity contribution in [3.63, 3.8) is 0 Å². The Morgan fingerprint density at radius 3 is 2.38 bits per heavy atom. The third-order valence-corrected chi connectivity index (χ3v) is 6.68. The van der Waals surface area contributed by atoms with E-state index in [0.717, 1.165) is 4.31 Å². The maximum absolute atomic E-state index is 12.4. The lowest BCUT2D eigenvalue weighted by molar-refractivity contribution is -0.121. The lowest BCUT2D eigenvalue weighted by atomic mass is 10.1. The van der Waals surface area contributed by atoms with Crippen LogP contribution in [0.25, 0.3) is 0 Å². The fourth-order valence-corrected chi connectivity index (χ4v) is 3.91. The highest BCUT2D eigenvalue weighted by Crippen LogP contribution is 2.17. The van der Waals surface area contributed by atoms with Crippen LogP contribution < -0.4 is 5.32 Å². The second kappa shape index (κ2) is 7.76. The first-order valence-corrected chi connectivity index (χ1v) is 10.4. The molecule has 0 heterocycles. The maximum atomic E-state index is 12.4. The molecular formula is C16H26N2O4S2. The van der Waals surface area contributed by atoms with E-state index in [2.05, 4.69) is 5.32 Å². The molecule has 0 radical (unpaired) electrons. The van der Waals surface area contributed by atoms with E-state index in [1.54, 1.807) is 19.1 Å². The van der Waals surface area contributed by atoms with Crippen LogP contribution in [0.4, 0.5) is 0 Å². The van der Waals surface area contributed by atoms with E-state index >= 15 is 0 Å². The number of nitrogens with one attached hydrogen (secondary N) is 1. The number of hydrogen-bond acceptors (Lipinski definition) is 4. The molecule has 0 bridgehead atoms. The minimum absolute atomic E-state index is 0.121. The van der Waals surface area contributed by atoms with Crippen molar-refractivity contribution >= 4 is 26.7 Å². The molecule has 0 fully saturated rings. The predicted octanol–water partition coefficient (Wildman–Crippen LogP) is 1.49. The summed E-state index contributed by atoms with van der Waals surface area (Å²) in [6.07, 6.45) is 0. The Balaban J connectivity index is 2.91. The molecule has 0 spiro atoms. The number of carbonyl (C=O) groups excluding carboxylic acids is 1. The zero-order valence-electron chi connectivity index (χ0n) is 15.0. The molecule has 1 aromatic rings. The minimum Gasteiger partial charge on any atom is -0.350 e. The summed E-state index contributed by atoms with van der Waals surface area (Å²) in [5.41, 5.74) is 0.224. The number of amides is 1. The Morgan fingerprint density at radius 1 is 1.29 bits per heavy atom. The van der Waals surface area contributed by atoms with Gasteiger partial charge in [-0.1, -0.05) is 12.1 Å². The van der Waals surface area contributed by atoms with Crippen molar-refractivity contribution < 1.29 is 17.4 Å². The summed E-state index contributed by atoms with van der Waals surface area (Å²) in [6, 6.07) is 6.32. The number of rotatable bonds is 6. The van der Waals surface area contributed by atoms with Gasteiger partial charge in [0.25, 0.3) is 0 Å². The minimum atomic E-state index is -3.54. The van der Waals surface area contributed by atoms with Crippen LogP contribution in [0.15, 0.2) is 29.2 Å². The largest absolute Gasteiger partial charge is 0.350 e. The third kappa shape index (κ3) is 5.68. The van der Waals surface area contributed by atoms with Crippen molar-refractivity contribution in [2.45, 2.75) is 49.1 Å². The fourth-order valence-electron chi connectivity index (χ4n) is 1.89. The van der Waals surface area contributed by atoms with Crippen molar-refractivity contribution in [3.8, 4) is 0 Å². The molecule has 2 atom stereocenters. The molecule has 1 aromatic carbocycles. The lowest BCUT2D eigenvalue weighted by Gasteiger charge is -2.23. The maximum Gasteiger partial charge on any atom is 0.242 e. The van der Waals surface area contributed by atoms with Gasteiger partial charge < -0.3 is 5.32 Å². The van der Waals surface area contributed by atoms with Gasteiger partial charge in [0, 0.05) is 36.2 Å². The number of benzene rings is 1. The number of hydrogen-bond donors (Lipinski definition) is 1. The summed E-state index contributed by atoms with van der Waals surface area (Å²) < 4.78 is 37.9. The van der Waals surface area contributed by atoms with Crippen LogP contribution in [0.5, 0.6) is 0 Å². The van der Waals surface area contributed by atoms with Gasteiger partial charge in [0.2, 0.25) is 15.9 Å². The molecule has 2 unspecified atom stereocenters. The van der Waals surface area contributed by atoms with Crippen molar-refractivity contribution in [1.29, 1.82) is 0 Å². The van der Waals surface area contributed by atoms with Crippen LogP contribution in [0.1, 0.15) is 33.3 Å². The standard InChI is InChI=1S/C16H26N2O4S2/c1-12(15(19)17-16(2,3)4)23(20)11-13-8-7-9-14(10-13)24(21,22)18(5)6/h7-10,12H,11H2,1-6H3,(H,17,19). The first kappa shape index (κ1) is 20.8. The molecule has 136 valence electrons. The zero-order valence-corrected chi connectivity index (χ0v) is 16.6. The van der Waals surface area contributed by atoms with Crippen molar-refractivity contribution in [2.75, 3.05) is 14.1 Å². The van der Waals surface area contributed by atoms with Crippen molar-refractivity contribution in [2.24, 2.45) is 0 Å². The zero-order chi connectivity index (χ0) is 18.7. The fraction of sp³-hybridized carbons (Fsp3) is 0.562. The van der Waals surface area contributed by atoms with Crippen LogP contribution in [0, 0.1) is 0 Å². The molecule has 0 saturated carbocycles. The number of carbonyl (C=O) groups is 1. The molecular weight excluding hydrogens is 348 g/mol. The van der Waals surface area contributed by atoms with Crippen molar-refractivity contribution in [1.82, 2.24) is 9.62 Å². The Bertz CT molecular complexity index is 722. The first-order chi connectivity index (χ1) is 10.8. The highest BCUT2D eigenvalue weighted by molar-refractivity contribution is 7.89. The van der Waals surface area contributed by atoms with E-state index in [1.807, 2.05) is 20.8 Å². The van der Waals surface area contributed by atoms with Gasteiger partial charge in [0.1, 0.15) is 5.25 Å². The van der Waals surface area contributed by atoms with Crippen LogP contribution in [0.2, 0.25) is 0 Å². The van der Waals surface area contributed by atoms with Crippen LogP contribution >= 0.6 is 0 Å². The van der Waals surface area contributed by atoms with E-state index in [1.165, 1.54) is 26.2 Å². The van der Waals surface area contributed by atoms with Gasteiger partial charge in [0.15, 0.2) is 0 Å². The second-order valence-corrected chi connectivity index (χ2v) is 10.8. The van der Waals surface area contributed by atoms with Crippen LogP contribution in [-0.4, -0.2) is 47.7 Å². The molecule has 0 aliphatic rings. The molecule has 0 aromatic heterocycles. The molecule has 1 N–H and O–H groups in total. The molecule has 0 aliphatic carbocycles. The summed E-state index contributed by atoms with van der Waals surface area (Å²) in [4.78, 5) is 12.2. The van der Waals surface area contributed by atoms with Crippen molar-refractivity contribution in [3.05, 3.63) is 29.8 Å². The molecule has 24 heavy (non-hydrogen) atoms. The highest BCUT2D eigenvalue weighted by atomic mass is 32.2. The Kier molecular flexibility index (Phi) is 6.72. The summed E-state index contributed by atoms with van der Waals surface area (Å²) in [5.74, 6) is -0.159. The smallest absolute Gasteiger partial charge is 0.242 e. The lowest BCUT2D eigenvalue weighted by Crippen LogP contribution is -2.46. The molecule has 0 aliphatic heterocycles. The molecule has 6 nitrogen and oxygen atoms in total. The SMILES string of the molecule is CC(C(=O)NC(C)(C)C)S(=O)Cc1cccc(S(=O)(=O)N(C)C)c1. The van der Waals surface area contributed by atoms with Gasteiger partial charge in [-0.15, -0.1) is 0 Å². The van der Waals surface area contributed by atoms with Gasteiger partial charge in [-0.25, -0.2) is 12.7 Å². The summed E-state index contributed by atoms with van der Waals surface area (Å²) in [6.45, 7) is 7.18.